The topological polar surface area (TPSA) is 145 Å². The highest BCUT2D eigenvalue weighted by Crippen LogP contribution is 2.31. The van der Waals surface area contributed by atoms with Crippen molar-refractivity contribution >= 4 is 25.4 Å². The molecule has 0 bridgehead atoms. The smallest absolute Gasteiger partial charge is 0.384 e. The summed E-state index contributed by atoms with van der Waals surface area (Å²) in [5, 5.41) is 11.5. The quantitative estimate of drug-likeness (QED) is 0.424. The normalized spacial score (nSPS) is 17.0. The molecule has 1 aromatic heterocycles. The molecule has 1 heterocycles. The minimum absolute atomic E-state index is 0.207. The number of nitrogens with two attached hydrogens (primary N) is 2. The molecule has 0 saturated heterocycles. The van der Waals surface area contributed by atoms with Gasteiger partial charge in [0.05, 0.1) is 6.66 Å². The van der Waals surface area contributed by atoms with Gasteiger partial charge in [0.15, 0.2) is 0 Å². The van der Waals surface area contributed by atoms with E-state index >= 15 is 0 Å². The van der Waals surface area contributed by atoms with Gasteiger partial charge in [0.2, 0.25) is 11.9 Å². The Hall–Kier alpha value is -1.28. The molecule has 0 amide bonds. The van der Waals surface area contributed by atoms with Crippen LogP contribution in [0.25, 0.3) is 0 Å². The number of nitrogens with zero attached hydrogens (tertiary/aromatic N) is 3. The molecule has 0 fully saturated rings. The molecule has 0 aromatic carbocycles. The van der Waals surface area contributed by atoms with Crippen molar-refractivity contribution in [3.05, 3.63) is 5.21 Å². The number of nitrogens with one attached hydrogen (secondary N) is 1. The first-order chi connectivity index (χ1) is 6.86. The van der Waals surface area contributed by atoms with Crippen molar-refractivity contribution in [3.63, 3.8) is 0 Å². The number of hydrogen-bond acceptors (Lipinski definition) is 8. The van der Waals surface area contributed by atoms with Crippen molar-refractivity contribution < 1.29 is 13.9 Å². The predicted molar refractivity (Wildman–Crippen MR) is 53.2 cm³/mol. The van der Waals surface area contributed by atoms with E-state index in [1.165, 1.54) is 0 Å². The minimum atomic E-state index is -3.43. The van der Waals surface area contributed by atoms with Gasteiger partial charge >= 0.3 is 13.5 Å². The van der Waals surface area contributed by atoms with Crippen molar-refractivity contribution in [1.29, 1.82) is 0 Å². The van der Waals surface area contributed by atoms with Gasteiger partial charge in [0.1, 0.15) is 0 Å². The average molecular weight is 234 g/mol. The van der Waals surface area contributed by atoms with E-state index in [1.807, 2.05) is 0 Å². The Balaban J connectivity index is 3.11. The lowest BCUT2D eigenvalue weighted by Crippen LogP contribution is -2.97. The largest absolute Gasteiger partial charge is 0.622 e. The zero-order valence-corrected chi connectivity index (χ0v) is 9.06. The maximum absolute atomic E-state index is 11.6. The van der Waals surface area contributed by atoms with E-state index in [2.05, 4.69) is 19.5 Å². The molecule has 1 rings (SSSR count). The lowest BCUT2D eigenvalue weighted by molar-refractivity contribution is -0.647. The third-order valence-corrected chi connectivity index (χ3v) is 3.21. The molecule has 1 aromatic rings. The maximum Gasteiger partial charge on any atom is 0.384 e. The van der Waals surface area contributed by atoms with Crippen LogP contribution in [0.1, 0.15) is 0 Å². The molecule has 5 N–H and O–H groups in total. The summed E-state index contributed by atoms with van der Waals surface area (Å²) in [4.78, 5) is 9.68. The second kappa shape index (κ2) is 4.07. The molecule has 2 atom stereocenters. The second-order valence-electron chi connectivity index (χ2n) is 2.71. The van der Waals surface area contributed by atoms with Gasteiger partial charge < -0.3 is 16.7 Å². The Kier molecular flexibility index (Phi) is 3.20. The summed E-state index contributed by atoms with van der Waals surface area (Å²) in [6.45, 7) is 1.16. The third-order valence-electron chi connectivity index (χ3n) is 1.58. The Morgan fingerprint density at radius 2 is 1.80 bits per heavy atom. The van der Waals surface area contributed by atoms with Gasteiger partial charge in [-0.05, 0) is 0 Å². The van der Waals surface area contributed by atoms with Crippen LogP contribution in [0.15, 0.2) is 0 Å². The van der Waals surface area contributed by atoms with Crippen molar-refractivity contribution in [2.45, 2.75) is 0 Å². The monoisotopic (exact) mass is 234 g/mol. The summed E-state index contributed by atoms with van der Waals surface area (Å²) in [6, 6.07) is 0. The third kappa shape index (κ3) is 2.60. The lowest BCUT2D eigenvalue weighted by Gasteiger charge is -2.23. The van der Waals surface area contributed by atoms with E-state index in [1.54, 1.807) is 0 Å². The van der Waals surface area contributed by atoms with Crippen LogP contribution < -0.4 is 16.3 Å². The van der Waals surface area contributed by atoms with Gasteiger partial charge in [-0.15, -0.1) is 9.97 Å². The van der Waals surface area contributed by atoms with E-state index in [0.717, 1.165) is 13.8 Å². The number of rotatable bonds is 3. The standard InChI is InChI=1S/C5H11N6O3P/c1-14-15(2,13)11(12)5-9-3(6)8-4(7)10-5/h11H,1-2H3,(H4,6,7,8,9,10). The number of aromatic nitrogens is 3. The molecule has 2 unspecified atom stereocenters. The van der Waals surface area contributed by atoms with E-state index in [9.17, 15) is 9.77 Å². The Labute approximate surface area is 85.6 Å². The van der Waals surface area contributed by atoms with Gasteiger partial charge in [-0.2, -0.15) is 4.98 Å². The molecule has 0 aliphatic heterocycles. The Morgan fingerprint density at radius 1 is 1.33 bits per heavy atom. The number of anilines is 2. The fourth-order valence-corrected chi connectivity index (χ4v) is 1.40. The molecule has 9 nitrogen and oxygen atoms in total. The SMILES string of the molecule is COP(C)(=O)[NH+]([O-])c1nc(N)nc(N)n1. The van der Waals surface area contributed by atoms with Crippen LogP contribution in [0.4, 0.5) is 17.8 Å². The maximum atomic E-state index is 11.6. The molecule has 84 valence electrons. The summed E-state index contributed by atoms with van der Waals surface area (Å²) in [7, 11) is -2.27. The number of hydrogen-bond donors (Lipinski definition) is 3. The molecule has 15 heavy (non-hydrogen) atoms. The predicted octanol–water partition coefficient (Wildman–Crippen LogP) is -1.48. The molecule has 0 spiro atoms. The van der Waals surface area contributed by atoms with Crippen LogP contribution in [0, 0.1) is 5.21 Å². The summed E-state index contributed by atoms with van der Waals surface area (Å²) in [5.74, 6) is -0.767. The highest BCUT2D eigenvalue weighted by molar-refractivity contribution is 7.51. The summed E-state index contributed by atoms with van der Waals surface area (Å²) < 4.78 is 16.1. The lowest BCUT2D eigenvalue weighted by atomic mass is 10.8. The van der Waals surface area contributed by atoms with E-state index in [0.29, 0.717) is 0 Å². The van der Waals surface area contributed by atoms with Crippen LogP contribution in [0.5, 0.6) is 0 Å². The summed E-state index contributed by atoms with van der Waals surface area (Å²) in [5.41, 5.74) is 10.5. The zero-order valence-electron chi connectivity index (χ0n) is 8.17. The van der Waals surface area contributed by atoms with Crippen LogP contribution in [0.2, 0.25) is 0 Å². The van der Waals surface area contributed by atoms with Crippen molar-refractivity contribution in [1.82, 2.24) is 15.0 Å². The molecule has 0 saturated carbocycles. The van der Waals surface area contributed by atoms with E-state index in [4.69, 9.17) is 11.5 Å². The fraction of sp³-hybridized carbons (Fsp3) is 0.400. The van der Waals surface area contributed by atoms with Gasteiger partial charge in [-0.25, -0.2) is 9.40 Å². The van der Waals surface area contributed by atoms with Gasteiger partial charge in [0, 0.05) is 7.11 Å². The molecule has 0 aliphatic carbocycles. The molecule has 10 heteroatoms. The Bertz CT molecular complexity index is 392. The number of quaternary nitrogens is 1. The highest BCUT2D eigenvalue weighted by atomic mass is 31.2. The van der Waals surface area contributed by atoms with E-state index < -0.39 is 12.4 Å². The van der Waals surface area contributed by atoms with Gasteiger partial charge in [-0.3, -0.25) is 4.52 Å². The molecule has 0 radical (unpaired) electrons. The first-order valence-electron chi connectivity index (χ1n) is 3.82. The van der Waals surface area contributed by atoms with Crippen LogP contribution >= 0.6 is 7.52 Å². The van der Waals surface area contributed by atoms with Crippen LogP contribution in [-0.2, 0) is 9.09 Å². The van der Waals surface area contributed by atoms with Crippen molar-refractivity contribution in [2.75, 3.05) is 25.2 Å². The van der Waals surface area contributed by atoms with Crippen molar-refractivity contribution in [3.8, 4) is 0 Å². The zero-order chi connectivity index (χ0) is 11.6. The van der Waals surface area contributed by atoms with Gasteiger partial charge in [-0.1, -0.05) is 0 Å². The highest BCUT2D eigenvalue weighted by Gasteiger charge is 2.27. The average Bonchev–Trinajstić information content (AvgIpc) is 2.15. The van der Waals surface area contributed by atoms with Crippen LogP contribution in [-0.4, -0.2) is 28.7 Å². The van der Waals surface area contributed by atoms with E-state index in [-0.39, 0.29) is 17.8 Å². The van der Waals surface area contributed by atoms with Gasteiger partial charge in [0.25, 0.3) is 0 Å². The number of nitrogen functional groups attached to an aromatic ring is 2. The molecule has 0 aliphatic rings. The van der Waals surface area contributed by atoms with Crippen molar-refractivity contribution in [2.24, 2.45) is 0 Å². The minimum Gasteiger partial charge on any atom is -0.622 e. The first kappa shape index (κ1) is 11.8. The summed E-state index contributed by atoms with van der Waals surface area (Å²) in [6.07, 6.45) is 0. The summed E-state index contributed by atoms with van der Waals surface area (Å²) >= 11 is 0. The van der Waals surface area contributed by atoms with Crippen LogP contribution in [0.3, 0.4) is 0 Å². The fourth-order valence-electron chi connectivity index (χ4n) is 0.770. The molecular formula is C5H11N6O3P. The molecular weight excluding hydrogens is 223 g/mol. The first-order valence-corrected chi connectivity index (χ1v) is 5.89. The second-order valence-corrected chi connectivity index (χ2v) is 5.17. The Morgan fingerprint density at radius 3 is 2.20 bits per heavy atom.